The van der Waals surface area contributed by atoms with Gasteiger partial charge in [-0.3, -0.25) is 4.79 Å². The largest absolute Gasteiger partial charge is 0.497 e. The topological polar surface area (TPSA) is 110 Å². The Labute approximate surface area is 219 Å². The van der Waals surface area contributed by atoms with Gasteiger partial charge < -0.3 is 24.8 Å². The van der Waals surface area contributed by atoms with Crippen molar-refractivity contribution in [3.8, 4) is 11.8 Å². The van der Waals surface area contributed by atoms with Crippen LogP contribution >= 0.6 is 23.4 Å². The first-order valence-electron chi connectivity index (χ1n) is 11.0. The Balaban J connectivity index is 1.84. The summed E-state index contributed by atoms with van der Waals surface area (Å²) in [6.07, 6.45) is 0. The third kappa shape index (κ3) is 6.82. The number of amides is 1. The van der Waals surface area contributed by atoms with Gasteiger partial charge in [-0.2, -0.15) is 5.26 Å². The summed E-state index contributed by atoms with van der Waals surface area (Å²) >= 11 is 7.25. The molecule has 8 nitrogen and oxygen atoms in total. The number of ether oxygens (including phenoxy) is 3. The van der Waals surface area contributed by atoms with Crippen molar-refractivity contribution < 1.29 is 23.8 Å². The number of benzene rings is 2. The molecule has 1 aliphatic heterocycles. The van der Waals surface area contributed by atoms with Crippen molar-refractivity contribution in [3.63, 3.8) is 0 Å². The van der Waals surface area contributed by atoms with E-state index >= 15 is 0 Å². The van der Waals surface area contributed by atoms with Crippen molar-refractivity contribution >= 4 is 40.9 Å². The Hall–Kier alpha value is -3.45. The maximum atomic E-state index is 13.0. The molecule has 3 rings (SSSR count). The molecule has 1 heterocycles. The molecule has 0 saturated heterocycles. The van der Waals surface area contributed by atoms with Crippen molar-refractivity contribution in [2.24, 2.45) is 0 Å². The monoisotopic (exact) mass is 527 g/mol. The molecule has 1 amide bonds. The molecule has 1 unspecified atom stereocenters. The second-order valence-electron chi connectivity index (χ2n) is 7.70. The minimum absolute atomic E-state index is 0.0494. The molecular formula is C26H26ClN3O5S. The lowest BCUT2D eigenvalue weighted by molar-refractivity contribution is -0.140. The molecular weight excluding hydrogens is 502 g/mol. The first kappa shape index (κ1) is 27.1. The number of carbonyl (C=O) groups excluding carboxylic acids is 2. The van der Waals surface area contributed by atoms with E-state index < -0.39 is 11.9 Å². The maximum absolute atomic E-state index is 13.0. The van der Waals surface area contributed by atoms with Gasteiger partial charge in [-0.25, -0.2) is 4.79 Å². The average molecular weight is 528 g/mol. The molecule has 0 aliphatic carbocycles. The second kappa shape index (κ2) is 13.0. The number of nitrogens with one attached hydrogen (secondary N) is 2. The summed E-state index contributed by atoms with van der Waals surface area (Å²) in [5, 5.41) is 17.1. The van der Waals surface area contributed by atoms with Gasteiger partial charge >= 0.3 is 5.97 Å². The molecule has 0 aromatic heterocycles. The fourth-order valence-corrected chi connectivity index (χ4v) is 4.61. The number of hydrogen-bond acceptors (Lipinski definition) is 8. The number of thioether (sulfide) groups is 1. The van der Waals surface area contributed by atoms with Gasteiger partial charge in [0, 0.05) is 23.5 Å². The quantitative estimate of drug-likeness (QED) is 0.340. The third-order valence-corrected chi connectivity index (χ3v) is 6.58. The normalized spacial score (nSPS) is 15.1. The molecule has 10 heteroatoms. The van der Waals surface area contributed by atoms with Gasteiger partial charge in [0.25, 0.3) is 0 Å². The van der Waals surface area contributed by atoms with Crippen molar-refractivity contribution in [1.29, 1.82) is 5.26 Å². The van der Waals surface area contributed by atoms with E-state index in [0.29, 0.717) is 43.9 Å². The summed E-state index contributed by atoms with van der Waals surface area (Å²) in [5.74, 6) is -0.744. The van der Waals surface area contributed by atoms with E-state index in [-0.39, 0.29) is 24.9 Å². The van der Waals surface area contributed by atoms with Gasteiger partial charge in [-0.05, 0) is 48.9 Å². The zero-order valence-corrected chi connectivity index (χ0v) is 21.7. The highest BCUT2D eigenvalue weighted by atomic mass is 35.5. The Morgan fingerprint density at radius 2 is 1.81 bits per heavy atom. The molecule has 2 N–H and O–H groups in total. The zero-order chi connectivity index (χ0) is 26.1. The number of carbonyl (C=O) groups is 2. The van der Waals surface area contributed by atoms with Gasteiger partial charge in [0.1, 0.15) is 12.4 Å². The van der Waals surface area contributed by atoms with Gasteiger partial charge in [0.15, 0.2) is 0 Å². The molecule has 188 valence electrons. The molecule has 2 aromatic carbocycles. The molecule has 0 radical (unpaired) electrons. The minimum Gasteiger partial charge on any atom is -0.497 e. The number of nitriles is 1. The van der Waals surface area contributed by atoms with Crippen LogP contribution in [0.5, 0.6) is 5.75 Å². The Morgan fingerprint density at radius 1 is 1.11 bits per heavy atom. The summed E-state index contributed by atoms with van der Waals surface area (Å²) < 4.78 is 15.5. The van der Waals surface area contributed by atoms with Crippen molar-refractivity contribution in [2.75, 3.05) is 38.5 Å². The summed E-state index contributed by atoms with van der Waals surface area (Å²) in [5.41, 5.74) is 2.50. The number of allylic oxidation sites excluding steroid dienone is 2. The molecule has 1 aliphatic rings. The van der Waals surface area contributed by atoms with Crippen molar-refractivity contribution in [2.45, 2.75) is 12.8 Å². The lowest BCUT2D eigenvalue weighted by Gasteiger charge is -2.29. The Morgan fingerprint density at radius 3 is 2.42 bits per heavy atom. The molecule has 0 spiro atoms. The number of rotatable bonds is 10. The lowest BCUT2D eigenvalue weighted by Crippen LogP contribution is -2.29. The van der Waals surface area contributed by atoms with Crippen LogP contribution in [-0.2, 0) is 19.1 Å². The number of anilines is 1. The fourth-order valence-electron chi connectivity index (χ4n) is 3.59. The molecule has 0 bridgehead atoms. The SMILES string of the molecule is COCCOC(=O)C1=C(C)NC(SCC(=O)Nc2ccc(OC)cc2)=C(C#N)C1c1ccc(Cl)cc1. The highest BCUT2D eigenvalue weighted by Crippen LogP contribution is 2.41. The highest BCUT2D eigenvalue weighted by molar-refractivity contribution is 8.03. The van der Waals surface area contributed by atoms with Crippen LogP contribution in [0.25, 0.3) is 0 Å². The molecule has 0 fully saturated rings. The number of nitrogens with zero attached hydrogens (tertiary/aromatic N) is 1. The summed E-state index contributed by atoms with van der Waals surface area (Å²) in [7, 11) is 3.09. The van der Waals surface area contributed by atoms with E-state index in [1.165, 1.54) is 18.9 Å². The van der Waals surface area contributed by atoms with E-state index in [4.69, 9.17) is 25.8 Å². The predicted octanol–water partition coefficient (Wildman–Crippen LogP) is 4.61. The third-order valence-electron chi connectivity index (χ3n) is 5.31. The van der Waals surface area contributed by atoms with Crippen molar-refractivity contribution in [1.82, 2.24) is 5.32 Å². The number of hydrogen-bond donors (Lipinski definition) is 2. The first-order valence-corrected chi connectivity index (χ1v) is 12.3. The summed E-state index contributed by atoms with van der Waals surface area (Å²) in [6.45, 7) is 2.07. The smallest absolute Gasteiger partial charge is 0.336 e. The van der Waals surface area contributed by atoms with E-state index in [1.807, 2.05) is 0 Å². The van der Waals surface area contributed by atoms with E-state index in [2.05, 4.69) is 16.7 Å². The fraction of sp³-hybridized carbons (Fsp3) is 0.269. The van der Waals surface area contributed by atoms with Crippen LogP contribution in [0.4, 0.5) is 5.69 Å². The first-order chi connectivity index (χ1) is 17.4. The van der Waals surface area contributed by atoms with E-state index in [9.17, 15) is 14.9 Å². The van der Waals surface area contributed by atoms with Crippen LogP contribution in [0.1, 0.15) is 18.4 Å². The molecule has 1 atom stereocenters. The average Bonchev–Trinajstić information content (AvgIpc) is 2.88. The Kier molecular flexibility index (Phi) is 9.82. The van der Waals surface area contributed by atoms with Crippen LogP contribution in [0.2, 0.25) is 5.02 Å². The summed E-state index contributed by atoms with van der Waals surface area (Å²) in [6, 6.07) is 16.1. The van der Waals surface area contributed by atoms with E-state index in [1.54, 1.807) is 62.6 Å². The highest BCUT2D eigenvalue weighted by Gasteiger charge is 2.35. The van der Waals surface area contributed by atoms with Gasteiger partial charge in [0.05, 0.1) is 47.6 Å². The molecule has 36 heavy (non-hydrogen) atoms. The standard InChI is InChI=1S/C26H26ClN3O5S/c1-16-23(26(32)35-13-12-33-2)24(17-4-6-18(27)7-5-17)21(14-28)25(29-16)36-15-22(31)30-19-8-10-20(34-3)11-9-19/h4-11,24,29H,12-13,15H2,1-3H3,(H,30,31). The maximum Gasteiger partial charge on any atom is 0.336 e. The summed E-state index contributed by atoms with van der Waals surface area (Å²) in [4.78, 5) is 25.6. The number of dihydropyridines is 1. The molecule has 2 aromatic rings. The number of halogens is 1. The van der Waals surface area contributed by atoms with Gasteiger partial charge in [0.2, 0.25) is 5.91 Å². The van der Waals surface area contributed by atoms with Crippen LogP contribution in [0.3, 0.4) is 0 Å². The molecule has 0 saturated carbocycles. The minimum atomic E-state index is -0.685. The van der Waals surface area contributed by atoms with Crippen molar-refractivity contribution in [3.05, 3.63) is 81.0 Å². The second-order valence-corrected chi connectivity index (χ2v) is 9.12. The lowest BCUT2D eigenvalue weighted by atomic mass is 9.82. The zero-order valence-electron chi connectivity index (χ0n) is 20.1. The van der Waals surface area contributed by atoms with E-state index in [0.717, 1.165) is 0 Å². The van der Waals surface area contributed by atoms with Crippen LogP contribution in [0.15, 0.2) is 70.4 Å². The van der Waals surface area contributed by atoms with Crippen LogP contribution < -0.4 is 15.4 Å². The Bertz CT molecular complexity index is 1200. The van der Waals surface area contributed by atoms with Gasteiger partial charge in [-0.1, -0.05) is 35.5 Å². The number of esters is 1. The van der Waals surface area contributed by atoms with Gasteiger partial charge in [-0.15, -0.1) is 0 Å². The van der Waals surface area contributed by atoms with Crippen LogP contribution in [-0.4, -0.2) is 45.1 Å². The predicted molar refractivity (Wildman–Crippen MR) is 140 cm³/mol. The van der Waals surface area contributed by atoms with Crippen LogP contribution in [0, 0.1) is 11.3 Å². The number of methoxy groups -OCH3 is 2.